The van der Waals surface area contributed by atoms with E-state index in [2.05, 4.69) is 15.9 Å². The summed E-state index contributed by atoms with van der Waals surface area (Å²) in [4.78, 5) is 12.4. The molecule has 0 bridgehead atoms. The molecule has 100 valence electrons. The van der Waals surface area contributed by atoms with Gasteiger partial charge in [0.1, 0.15) is 11.7 Å². The zero-order valence-corrected chi connectivity index (χ0v) is 12.5. The second kappa shape index (κ2) is 6.17. The van der Waals surface area contributed by atoms with E-state index in [0.717, 1.165) is 0 Å². The highest BCUT2D eigenvalue weighted by Crippen LogP contribution is 2.29. The fraction of sp³-hybridized carbons (Fsp3) is 0.0667. The highest BCUT2D eigenvalue weighted by molar-refractivity contribution is 9.10. The summed E-state index contributed by atoms with van der Waals surface area (Å²) in [5.74, 6) is -2.44. The smallest absolute Gasteiger partial charge is 0.185 e. The van der Waals surface area contributed by atoms with Gasteiger partial charge in [-0.15, -0.1) is 0 Å². The fourth-order valence-electron chi connectivity index (χ4n) is 1.83. The van der Waals surface area contributed by atoms with E-state index in [1.807, 2.05) is 6.07 Å². The number of nitrogens with zero attached hydrogens (tertiary/aromatic N) is 1. The lowest BCUT2D eigenvalue weighted by atomic mass is 9.91. The highest BCUT2D eigenvalue weighted by atomic mass is 79.9. The molecule has 0 aromatic heterocycles. The van der Waals surface area contributed by atoms with Gasteiger partial charge in [-0.3, -0.25) is 4.79 Å². The van der Waals surface area contributed by atoms with Gasteiger partial charge in [-0.05, 0) is 12.1 Å². The van der Waals surface area contributed by atoms with Gasteiger partial charge in [-0.2, -0.15) is 5.26 Å². The predicted octanol–water partition coefficient (Wildman–Crippen LogP) is 4.73. The molecule has 0 aliphatic heterocycles. The number of halogens is 3. The molecule has 0 radical (unpaired) electrons. The molecule has 0 spiro atoms. The van der Waals surface area contributed by atoms with E-state index >= 15 is 0 Å². The van der Waals surface area contributed by atoms with Gasteiger partial charge >= 0.3 is 0 Å². The normalized spacial score (nSPS) is 11.7. The Hall–Kier alpha value is -1.70. The van der Waals surface area contributed by atoms with E-state index in [9.17, 15) is 14.4 Å². The largest absolute Gasteiger partial charge is 0.292 e. The number of hydrogen-bond donors (Lipinski definition) is 0. The van der Waals surface area contributed by atoms with Crippen molar-refractivity contribution in [2.45, 2.75) is 5.92 Å². The number of benzene rings is 2. The van der Waals surface area contributed by atoms with Crippen molar-refractivity contribution < 1.29 is 9.18 Å². The topological polar surface area (TPSA) is 40.9 Å². The van der Waals surface area contributed by atoms with Crippen LogP contribution in [0.25, 0.3) is 0 Å². The number of ketones is 1. The van der Waals surface area contributed by atoms with Crippen molar-refractivity contribution in [2.24, 2.45) is 0 Å². The third kappa shape index (κ3) is 2.74. The van der Waals surface area contributed by atoms with Crippen molar-refractivity contribution in [2.75, 3.05) is 0 Å². The van der Waals surface area contributed by atoms with Crippen molar-refractivity contribution in [3.8, 4) is 6.07 Å². The van der Waals surface area contributed by atoms with Crippen molar-refractivity contribution in [3.63, 3.8) is 0 Å². The van der Waals surface area contributed by atoms with Crippen LogP contribution in [0.1, 0.15) is 21.8 Å². The minimum Gasteiger partial charge on any atom is -0.292 e. The Balaban J connectivity index is 2.49. The minimum absolute atomic E-state index is 0.0132. The molecule has 0 saturated heterocycles. The van der Waals surface area contributed by atoms with Crippen molar-refractivity contribution in [3.05, 3.63) is 68.9 Å². The molecule has 5 heteroatoms. The van der Waals surface area contributed by atoms with Crippen LogP contribution in [0, 0.1) is 17.1 Å². The van der Waals surface area contributed by atoms with Gasteiger partial charge in [0.05, 0.1) is 11.1 Å². The molecule has 0 saturated carbocycles. The maximum atomic E-state index is 14.0. The average Bonchev–Trinajstić information content (AvgIpc) is 2.44. The van der Waals surface area contributed by atoms with Gasteiger partial charge in [0, 0.05) is 15.6 Å². The van der Waals surface area contributed by atoms with Crippen LogP contribution in [0.5, 0.6) is 0 Å². The first-order valence-corrected chi connectivity index (χ1v) is 6.85. The molecule has 20 heavy (non-hydrogen) atoms. The quantitative estimate of drug-likeness (QED) is 0.749. The van der Waals surface area contributed by atoms with Crippen molar-refractivity contribution >= 4 is 33.3 Å². The lowest BCUT2D eigenvalue weighted by molar-refractivity contribution is 0.0976. The number of rotatable bonds is 3. The summed E-state index contributed by atoms with van der Waals surface area (Å²) < 4.78 is 14.5. The third-order valence-corrected chi connectivity index (χ3v) is 3.81. The summed E-state index contributed by atoms with van der Waals surface area (Å²) in [5.41, 5.74) is 0.319. The second-order valence-electron chi connectivity index (χ2n) is 4.05. The van der Waals surface area contributed by atoms with Crippen LogP contribution in [-0.4, -0.2) is 5.78 Å². The first kappa shape index (κ1) is 14.7. The summed E-state index contributed by atoms with van der Waals surface area (Å²) in [7, 11) is 0. The third-order valence-electron chi connectivity index (χ3n) is 2.82. The Bertz CT molecular complexity index is 711. The van der Waals surface area contributed by atoms with E-state index in [4.69, 9.17) is 11.6 Å². The van der Waals surface area contributed by atoms with Crippen LogP contribution in [0.4, 0.5) is 4.39 Å². The van der Waals surface area contributed by atoms with E-state index in [1.54, 1.807) is 24.3 Å². The first-order chi connectivity index (χ1) is 9.56. The number of carbonyl (C=O) groups is 1. The Morgan fingerprint density at radius 1 is 1.25 bits per heavy atom. The number of carbonyl (C=O) groups excluding carboxylic acids is 1. The van der Waals surface area contributed by atoms with Crippen molar-refractivity contribution in [1.82, 2.24) is 0 Å². The molecule has 0 aliphatic rings. The number of nitriles is 1. The first-order valence-electron chi connectivity index (χ1n) is 5.68. The molecule has 0 N–H and O–H groups in total. The Morgan fingerprint density at radius 3 is 2.60 bits per heavy atom. The maximum Gasteiger partial charge on any atom is 0.185 e. The molecule has 1 unspecified atom stereocenters. The maximum absolute atomic E-state index is 14.0. The van der Waals surface area contributed by atoms with Crippen LogP contribution in [-0.2, 0) is 0 Å². The van der Waals surface area contributed by atoms with E-state index < -0.39 is 17.5 Å². The van der Waals surface area contributed by atoms with E-state index in [0.29, 0.717) is 10.0 Å². The lowest BCUT2D eigenvalue weighted by Gasteiger charge is -2.11. The van der Waals surface area contributed by atoms with E-state index in [-0.39, 0.29) is 10.6 Å². The summed E-state index contributed by atoms with van der Waals surface area (Å²) in [6, 6.07) is 12.8. The monoisotopic (exact) mass is 351 g/mol. The fourth-order valence-corrected chi connectivity index (χ4v) is 2.49. The van der Waals surface area contributed by atoms with Gasteiger partial charge in [-0.25, -0.2) is 4.39 Å². The lowest BCUT2D eigenvalue weighted by Crippen LogP contribution is -2.13. The van der Waals surface area contributed by atoms with Crippen LogP contribution >= 0.6 is 27.5 Å². The van der Waals surface area contributed by atoms with Gasteiger partial charge in [0.25, 0.3) is 0 Å². The molecule has 0 amide bonds. The zero-order valence-electron chi connectivity index (χ0n) is 10.1. The zero-order chi connectivity index (χ0) is 14.7. The molecule has 2 nitrogen and oxygen atoms in total. The number of hydrogen-bond acceptors (Lipinski definition) is 2. The van der Waals surface area contributed by atoms with Crippen LogP contribution in [0.3, 0.4) is 0 Å². The molecule has 1 atom stereocenters. The standard InChI is InChI=1S/C15H8BrClFNO/c16-12-6-2-1-4-10(12)15(20)11(8-19)9-5-3-7-13(17)14(9)18/h1-7,11H. The molecule has 2 rings (SSSR count). The second-order valence-corrected chi connectivity index (χ2v) is 5.31. The molecular formula is C15H8BrClFNO. The summed E-state index contributed by atoms with van der Waals surface area (Å²) in [6.07, 6.45) is 0. The van der Waals surface area contributed by atoms with Gasteiger partial charge < -0.3 is 0 Å². The summed E-state index contributed by atoms with van der Waals surface area (Å²) in [5, 5.41) is 9.11. The predicted molar refractivity (Wildman–Crippen MR) is 78.2 cm³/mol. The number of Topliss-reactive ketones (excluding diaryl/α,β-unsaturated/α-hetero) is 1. The van der Waals surface area contributed by atoms with Crippen LogP contribution in [0.2, 0.25) is 5.02 Å². The van der Waals surface area contributed by atoms with Crippen LogP contribution < -0.4 is 0 Å². The molecule has 0 heterocycles. The molecule has 0 aliphatic carbocycles. The van der Waals surface area contributed by atoms with Crippen molar-refractivity contribution in [1.29, 1.82) is 5.26 Å². The molecular weight excluding hydrogens is 345 g/mol. The van der Waals surface area contributed by atoms with Gasteiger partial charge in [0.15, 0.2) is 5.78 Å². The molecule has 0 fully saturated rings. The van der Waals surface area contributed by atoms with Gasteiger partial charge in [-0.1, -0.05) is 57.9 Å². The Labute approximate surface area is 128 Å². The molecule has 2 aromatic carbocycles. The SMILES string of the molecule is N#CC(C(=O)c1ccccc1Br)c1cccc(Cl)c1F. The van der Waals surface area contributed by atoms with Crippen LogP contribution in [0.15, 0.2) is 46.9 Å². The average molecular weight is 353 g/mol. The van der Waals surface area contributed by atoms with E-state index in [1.165, 1.54) is 18.2 Å². The Morgan fingerprint density at radius 2 is 1.95 bits per heavy atom. The van der Waals surface area contributed by atoms with Gasteiger partial charge in [0.2, 0.25) is 0 Å². The minimum atomic E-state index is -1.23. The highest BCUT2D eigenvalue weighted by Gasteiger charge is 2.26. The molecule has 2 aromatic rings. The summed E-state index contributed by atoms with van der Waals surface area (Å²) in [6.45, 7) is 0. The Kier molecular flexibility index (Phi) is 4.53. The summed E-state index contributed by atoms with van der Waals surface area (Å²) >= 11 is 8.94.